The topological polar surface area (TPSA) is 26.3 Å². The van der Waals surface area contributed by atoms with Gasteiger partial charge in [0.25, 0.3) is 0 Å². The number of esters is 1. The average molecular weight is 198 g/mol. The lowest BCUT2D eigenvalue weighted by Crippen LogP contribution is -2.23. The molecule has 0 radical (unpaired) electrons. The van der Waals surface area contributed by atoms with Gasteiger partial charge in [-0.3, -0.25) is 0 Å². The zero-order valence-corrected chi connectivity index (χ0v) is 9.80. The Morgan fingerprint density at radius 3 is 2.36 bits per heavy atom. The summed E-state index contributed by atoms with van der Waals surface area (Å²) in [4.78, 5) is 11.3. The van der Waals surface area contributed by atoms with Gasteiger partial charge >= 0.3 is 5.97 Å². The van der Waals surface area contributed by atoms with Crippen molar-refractivity contribution in [1.82, 2.24) is 0 Å². The first-order chi connectivity index (χ1) is 6.52. The molecule has 0 fully saturated rings. The molecule has 0 rings (SSSR count). The van der Waals surface area contributed by atoms with Crippen LogP contribution in [0.1, 0.15) is 47.0 Å². The van der Waals surface area contributed by atoms with Crippen LogP contribution in [0, 0.1) is 5.92 Å². The summed E-state index contributed by atoms with van der Waals surface area (Å²) in [6.45, 7) is 11.5. The molecule has 0 saturated carbocycles. The molecular weight excluding hydrogens is 176 g/mol. The zero-order valence-electron chi connectivity index (χ0n) is 9.80. The number of carbonyl (C=O) groups is 1. The zero-order chi connectivity index (χ0) is 11.1. The third-order valence-corrected chi connectivity index (χ3v) is 2.49. The van der Waals surface area contributed by atoms with Crippen LogP contribution in [-0.4, -0.2) is 12.1 Å². The van der Waals surface area contributed by atoms with Gasteiger partial charge in [0.15, 0.2) is 0 Å². The summed E-state index contributed by atoms with van der Waals surface area (Å²) in [5.74, 6) is 0.204. The van der Waals surface area contributed by atoms with E-state index >= 15 is 0 Å². The van der Waals surface area contributed by atoms with Crippen molar-refractivity contribution in [2.45, 2.75) is 53.1 Å². The molecule has 2 unspecified atom stereocenters. The van der Waals surface area contributed by atoms with Crippen molar-refractivity contribution < 1.29 is 9.53 Å². The molecule has 0 aromatic rings. The molecule has 82 valence electrons. The van der Waals surface area contributed by atoms with Crippen LogP contribution in [0.5, 0.6) is 0 Å². The highest BCUT2D eigenvalue weighted by Crippen LogP contribution is 2.18. The second-order valence-corrected chi connectivity index (χ2v) is 3.85. The second-order valence-electron chi connectivity index (χ2n) is 3.85. The van der Waals surface area contributed by atoms with Gasteiger partial charge in [0.05, 0.1) is 0 Å². The molecule has 0 heterocycles. The summed E-state index contributed by atoms with van der Waals surface area (Å²) >= 11 is 0. The number of hydrogen-bond acceptors (Lipinski definition) is 2. The Bertz CT molecular complexity index is 196. The predicted octanol–water partition coefficient (Wildman–Crippen LogP) is 3.32. The van der Waals surface area contributed by atoms with Crippen molar-refractivity contribution >= 4 is 5.97 Å². The lowest BCUT2D eigenvalue weighted by molar-refractivity contribution is -0.146. The Labute approximate surface area is 87.3 Å². The first-order valence-corrected chi connectivity index (χ1v) is 5.39. The van der Waals surface area contributed by atoms with Gasteiger partial charge in [-0.2, -0.15) is 0 Å². The molecular formula is C12H22O2. The molecule has 0 amide bonds. The van der Waals surface area contributed by atoms with Crippen LogP contribution < -0.4 is 0 Å². The Hall–Kier alpha value is -0.790. The smallest absolute Gasteiger partial charge is 0.333 e. The molecule has 0 aliphatic carbocycles. The summed E-state index contributed by atoms with van der Waals surface area (Å²) in [7, 11) is 0. The Morgan fingerprint density at radius 2 is 2.00 bits per heavy atom. The minimum absolute atomic E-state index is 0.00384. The molecule has 0 spiro atoms. The van der Waals surface area contributed by atoms with E-state index in [0.717, 1.165) is 19.3 Å². The molecule has 0 saturated heterocycles. The lowest BCUT2D eigenvalue weighted by Gasteiger charge is -2.22. The van der Waals surface area contributed by atoms with E-state index in [1.807, 2.05) is 6.92 Å². The quantitative estimate of drug-likeness (QED) is 0.483. The van der Waals surface area contributed by atoms with Gasteiger partial charge in [0.1, 0.15) is 6.10 Å². The SMILES string of the molecule is C=C(C)C(=O)OC(C)C(CC)CCC. The lowest BCUT2D eigenvalue weighted by atomic mass is 9.95. The summed E-state index contributed by atoms with van der Waals surface area (Å²) in [5, 5.41) is 0. The van der Waals surface area contributed by atoms with Crippen molar-refractivity contribution in [3.05, 3.63) is 12.2 Å². The van der Waals surface area contributed by atoms with Gasteiger partial charge in [-0.25, -0.2) is 4.79 Å². The molecule has 2 heteroatoms. The van der Waals surface area contributed by atoms with Gasteiger partial charge in [0.2, 0.25) is 0 Å². The van der Waals surface area contributed by atoms with E-state index < -0.39 is 0 Å². The fourth-order valence-electron chi connectivity index (χ4n) is 1.51. The highest BCUT2D eigenvalue weighted by Gasteiger charge is 2.18. The highest BCUT2D eigenvalue weighted by molar-refractivity contribution is 5.87. The summed E-state index contributed by atoms with van der Waals surface area (Å²) in [5.41, 5.74) is 0.475. The predicted molar refractivity (Wildman–Crippen MR) is 59.1 cm³/mol. The summed E-state index contributed by atoms with van der Waals surface area (Å²) < 4.78 is 5.28. The minimum Gasteiger partial charge on any atom is -0.459 e. The fourth-order valence-corrected chi connectivity index (χ4v) is 1.51. The monoisotopic (exact) mass is 198 g/mol. The van der Waals surface area contributed by atoms with Gasteiger partial charge in [-0.1, -0.05) is 26.8 Å². The van der Waals surface area contributed by atoms with Crippen LogP contribution in [0.2, 0.25) is 0 Å². The largest absolute Gasteiger partial charge is 0.459 e. The van der Waals surface area contributed by atoms with Crippen molar-refractivity contribution in [3.63, 3.8) is 0 Å². The van der Waals surface area contributed by atoms with Crippen molar-refractivity contribution in [2.75, 3.05) is 0 Å². The van der Waals surface area contributed by atoms with Crippen LogP contribution >= 0.6 is 0 Å². The van der Waals surface area contributed by atoms with Gasteiger partial charge in [-0.15, -0.1) is 0 Å². The molecule has 0 aliphatic heterocycles. The van der Waals surface area contributed by atoms with E-state index in [9.17, 15) is 4.79 Å². The van der Waals surface area contributed by atoms with E-state index in [-0.39, 0.29) is 12.1 Å². The van der Waals surface area contributed by atoms with E-state index in [1.54, 1.807) is 6.92 Å². The number of rotatable bonds is 6. The van der Waals surface area contributed by atoms with Gasteiger partial charge in [-0.05, 0) is 32.6 Å². The normalized spacial score (nSPS) is 14.6. The van der Waals surface area contributed by atoms with Gasteiger partial charge < -0.3 is 4.74 Å². The molecule has 0 N–H and O–H groups in total. The van der Waals surface area contributed by atoms with Crippen molar-refractivity contribution in [1.29, 1.82) is 0 Å². The molecule has 14 heavy (non-hydrogen) atoms. The van der Waals surface area contributed by atoms with E-state index in [2.05, 4.69) is 20.4 Å². The van der Waals surface area contributed by atoms with Crippen molar-refractivity contribution in [2.24, 2.45) is 5.92 Å². The Morgan fingerprint density at radius 1 is 1.43 bits per heavy atom. The molecule has 2 nitrogen and oxygen atoms in total. The van der Waals surface area contributed by atoms with Crippen molar-refractivity contribution in [3.8, 4) is 0 Å². The minimum atomic E-state index is -0.271. The molecule has 0 aromatic carbocycles. The maximum atomic E-state index is 11.3. The fraction of sp³-hybridized carbons (Fsp3) is 0.750. The van der Waals surface area contributed by atoms with Crippen LogP contribution in [0.15, 0.2) is 12.2 Å². The number of hydrogen-bond donors (Lipinski definition) is 0. The van der Waals surface area contributed by atoms with Crippen LogP contribution in [0.25, 0.3) is 0 Å². The maximum Gasteiger partial charge on any atom is 0.333 e. The van der Waals surface area contributed by atoms with Crippen LogP contribution in [0.3, 0.4) is 0 Å². The second kappa shape index (κ2) is 6.63. The van der Waals surface area contributed by atoms with E-state index in [4.69, 9.17) is 4.74 Å². The summed E-state index contributed by atoms with van der Waals surface area (Å²) in [6, 6.07) is 0. The Kier molecular flexibility index (Phi) is 6.26. The highest BCUT2D eigenvalue weighted by atomic mass is 16.5. The van der Waals surface area contributed by atoms with Crippen LogP contribution in [0.4, 0.5) is 0 Å². The third kappa shape index (κ3) is 4.45. The van der Waals surface area contributed by atoms with Gasteiger partial charge in [0, 0.05) is 5.57 Å². The van der Waals surface area contributed by atoms with E-state index in [1.165, 1.54) is 0 Å². The third-order valence-electron chi connectivity index (χ3n) is 2.49. The molecule has 2 atom stereocenters. The first-order valence-electron chi connectivity index (χ1n) is 5.39. The maximum absolute atomic E-state index is 11.3. The standard InChI is InChI=1S/C12H22O2/c1-6-8-11(7-2)10(5)14-12(13)9(3)4/h10-11H,3,6-8H2,1-2,4-5H3. The number of ether oxygens (including phenoxy) is 1. The molecule has 0 aromatic heterocycles. The number of carbonyl (C=O) groups excluding carboxylic acids is 1. The first kappa shape index (κ1) is 13.2. The molecule has 0 bridgehead atoms. The molecule has 0 aliphatic rings. The average Bonchev–Trinajstić information content (AvgIpc) is 2.13. The van der Waals surface area contributed by atoms with E-state index in [0.29, 0.717) is 11.5 Å². The summed E-state index contributed by atoms with van der Waals surface area (Å²) in [6.07, 6.45) is 3.30. The van der Waals surface area contributed by atoms with Crippen LogP contribution in [-0.2, 0) is 9.53 Å². The Balaban J connectivity index is 4.09.